The van der Waals surface area contributed by atoms with Gasteiger partial charge in [-0.15, -0.1) is 0 Å². The van der Waals surface area contributed by atoms with E-state index in [-0.39, 0.29) is 35.5 Å². The number of phenols is 2. The maximum absolute atomic E-state index is 12.7. The number of nitrogens with one attached hydrogen (secondary N) is 1. The highest BCUT2D eigenvalue weighted by molar-refractivity contribution is 5.94. The maximum atomic E-state index is 12.7. The number of aromatic hydroxyl groups is 2. The minimum atomic E-state index is -0.265. The van der Waals surface area contributed by atoms with E-state index in [4.69, 9.17) is 19.5 Å². The molecule has 0 aliphatic heterocycles. The van der Waals surface area contributed by atoms with E-state index in [1.54, 1.807) is 67.2 Å². The number of para-hydroxylation sites is 2. The van der Waals surface area contributed by atoms with Crippen LogP contribution in [0.4, 0.5) is 0 Å². The van der Waals surface area contributed by atoms with E-state index in [9.17, 15) is 15.0 Å². The molecule has 3 atom stereocenters. The second-order valence-electron chi connectivity index (χ2n) is 8.37. The van der Waals surface area contributed by atoms with Gasteiger partial charge in [0.2, 0.25) is 0 Å². The van der Waals surface area contributed by atoms with Crippen molar-refractivity contribution in [2.24, 2.45) is 9.98 Å². The third-order valence-electron chi connectivity index (χ3n) is 6.07. The summed E-state index contributed by atoms with van der Waals surface area (Å²) in [5.74, 6) is 0.510. The van der Waals surface area contributed by atoms with Crippen molar-refractivity contribution >= 4 is 18.3 Å². The Morgan fingerprint density at radius 3 is 1.94 bits per heavy atom. The van der Waals surface area contributed by atoms with Crippen LogP contribution >= 0.6 is 0 Å². The summed E-state index contributed by atoms with van der Waals surface area (Å²) in [6.07, 6.45) is 7.44. The van der Waals surface area contributed by atoms with Crippen LogP contribution in [0.15, 0.2) is 70.9 Å². The number of hydrogen-bond acceptors (Lipinski definition) is 8. The number of amides is 1. The summed E-state index contributed by atoms with van der Waals surface area (Å²) < 4.78 is 10.4. The SMILES string of the molecule is COc1cccc(C=N[C@H]2CC(NC(=O)c3cccnc3)C[C@H]2N=Cc2cccc(OC)c2O)c1O. The molecule has 0 saturated heterocycles. The van der Waals surface area contributed by atoms with Gasteiger partial charge in [0.05, 0.1) is 31.9 Å². The summed E-state index contributed by atoms with van der Waals surface area (Å²) >= 11 is 0. The second kappa shape index (κ2) is 11.4. The van der Waals surface area contributed by atoms with Gasteiger partial charge in [0.15, 0.2) is 23.0 Å². The first-order valence-corrected chi connectivity index (χ1v) is 11.5. The van der Waals surface area contributed by atoms with Crippen molar-refractivity contribution in [2.45, 2.75) is 31.0 Å². The van der Waals surface area contributed by atoms with Crippen molar-refractivity contribution in [3.63, 3.8) is 0 Å². The Kier molecular flexibility index (Phi) is 7.79. The first kappa shape index (κ1) is 24.7. The standard InChI is InChI=1S/C27H28N4O5/c1-35-23-9-3-6-17(25(23)32)15-29-21-12-20(31-27(34)19-8-5-11-28-14-19)13-22(21)30-16-18-7-4-10-24(36-2)26(18)33/h3-11,14-16,20-22,32-33H,12-13H2,1-2H3,(H,31,34)/t20?,21-,22+. The van der Waals surface area contributed by atoms with E-state index in [1.165, 1.54) is 20.4 Å². The summed E-state index contributed by atoms with van der Waals surface area (Å²) in [6, 6.07) is 13.1. The molecule has 1 aliphatic carbocycles. The van der Waals surface area contributed by atoms with Gasteiger partial charge in [-0.2, -0.15) is 0 Å². The molecule has 1 aromatic heterocycles. The Morgan fingerprint density at radius 1 is 0.917 bits per heavy atom. The van der Waals surface area contributed by atoms with Crippen LogP contribution in [0, 0.1) is 0 Å². The minimum Gasteiger partial charge on any atom is -0.504 e. The fourth-order valence-corrected chi connectivity index (χ4v) is 4.17. The monoisotopic (exact) mass is 488 g/mol. The van der Waals surface area contributed by atoms with Crippen molar-refractivity contribution in [3.05, 3.63) is 77.6 Å². The predicted molar refractivity (Wildman–Crippen MR) is 137 cm³/mol. The Hall–Kier alpha value is -4.40. The third kappa shape index (κ3) is 5.63. The van der Waals surface area contributed by atoms with E-state index in [2.05, 4.69) is 10.3 Å². The molecule has 1 aliphatic rings. The molecule has 0 bridgehead atoms. The summed E-state index contributed by atoms with van der Waals surface area (Å²) in [7, 11) is 2.97. The van der Waals surface area contributed by atoms with Crippen molar-refractivity contribution in [1.29, 1.82) is 0 Å². The molecule has 1 amide bonds. The van der Waals surface area contributed by atoms with Crippen molar-refractivity contribution in [1.82, 2.24) is 10.3 Å². The van der Waals surface area contributed by atoms with Crippen LogP contribution < -0.4 is 14.8 Å². The topological polar surface area (TPSA) is 126 Å². The molecule has 1 fully saturated rings. The predicted octanol–water partition coefficient (Wildman–Crippen LogP) is 3.38. The van der Waals surface area contributed by atoms with Crippen LogP contribution in [0.2, 0.25) is 0 Å². The summed E-state index contributed by atoms with van der Waals surface area (Å²) in [5.41, 5.74) is 1.52. The minimum absolute atomic E-state index is 0.00420. The molecule has 1 heterocycles. The summed E-state index contributed by atoms with van der Waals surface area (Å²) in [6.45, 7) is 0. The highest BCUT2D eigenvalue weighted by atomic mass is 16.5. The van der Waals surface area contributed by atoms with Gasteiger partial charge in [-0.3, -0.25) is 19.8 Å². The van der Waals surface area contributed by atoms with Crippen molar-refractivity contribution in [3.8, 4) is 23.0 Å². The van der Waals surface area contributed by atoms with E-state index in [1.807, 2.05) is 0 Å². The molecule has 0 spiro atoms. The Labute approximate surface area is 209 Å². The fraction of sp³-hybridized carbons (Fsp3) is 0.259. The lowest BCUT2D eigenvalue weighted by Gasteiger charge is -2.12. The zero-order valence-corrected chi connectivity index (χ0v) is 20.0. The highest BCUT2D eigenvalue weighted by Gasteiger charge is 2.34. The van der Waals surface area contributed by atoms with Gasteiger partial charge in [-0.05, 0) is 49.2 Å². The van der Waals surface area contributed by atoms with Crippen LogP contribution in [0.5, 0.6) is 23.0 Å². The number of carbonyl (C=O) groups is 1. The fourth-order valence-electron chi connectivity index (χ4n) is 4.17. The number of carbonyl (C=O) groups excluding carboxylic acids is 1. The van der Waals surface area contributed by atoms with Gasteiger partial charge in [-0.1, -0.05) is 12.1 Å². The average Bonchev–Trinajstić information content (AvgIpc) is 3.29. The van der Waals surface area contributed by atoms with E-state index >= 15 is 0 Å². The smallest absolute Gasteiger partial charge is 0.253 e. The van der Waals surface area contributed by atoms with E-state index in [0.717, 1.165) is 0 Å². The number of hydrogen-bond donors (Lipinski definition) is 3. The molecule has 0 radical (unpaired) electrons. The van der Waals surface area contributed by atoms with Gasteiger partial charge in [-0.25, -0.2) is 0 Å². The number of phenolic OH excluding ortho intramolecular Hbond substituents is 2. The van der Waals surface area contributed by atoms with Crippen LogP contribution in [-0.2, 0) is 0 Å². The normalized spacial score (nSPS) is 19.6. The molecule has 3 aromatic rings. The Morgan fingerprint density at radius 2 is 1.47 bits per heavy atom. The maximum Gasteiger partial charge on any atom is 0.253 e. The highest BCUT2D eigenvalue weighted by Crippen LogP contribution is 2.31. The van der Waals surface area contributed by atoms with Gasteiger partial charge >= 0.3 is 0 Å². The van der Waals surface area contributed by atoms with Gasteiger partial charge < -0.3 is 25.0 Å². The number of aromatic nitrogens is 1. The number of methoxy groups -OCH3 is 2. The third-order valence-corrected chi connectivity index (χ3v) is 6.07. The number of ether oxygens (including phenoxy) is 2. The zero-order valence-electron chi connectivity index (χ0n) is 20.0. The number of nitrogens with zero attached hydrogens (tertiary/aromatic N) is 3. The lowest BCUT2D eigenvalue weighted by atomic mass is 10.1. The van der Waals surface area contributed by atoms with Crippen LogP contribution in [0.3, 0.4) is 0 Å². The van der Waals surface area contributed by atoms with Crippen LogP contribution in [-0.4, -0.2) is 65.9 Å². The zero-order chi connectivity index (χ0) is 25.5. The van der Waals surface area contributed by atoms with Crippen LogP contribution in [0.25, 0.3) is 0 Å². The number of pyridine rings is 1. The van der Waals surface area contributed by atoms with E-state index in [0.29, 0.717) is 41.0 Å². The molecule has 9 heteroatoms. The molecule has 186 valence electrons. The molecular formula is C27H28N4O5. The van der Waals surface area contributed by atoms with Crippen molar-refractivity contribution in [2.75, 3.05) is 14.2 Å². The first-order valence-electron chi connectivity index (χ1n) is 11.5. The van der Waals surface area contributed by atoms with Gasteiger partial charge in [0.1, 0.15) is 0 Å². The first-order chi connectivity index (χ1) is 17.5. The summed E-state index contributed by atoms with van der Waals surface area (Å²) in [4.78, 5) is 26.1. The molecule has 4 rings (SSSR count). The van der Waals surface area contributed by atoms with Crippen LogP contribution in [0.1, 0.15) is 34.3 Å². The lowest BCUT2D eigenvalue weighted by Crippen LogP contribution is -2.33. The lowest BCUT2D eigenvalue weighted by molar-refractivity contribution is 0.0937. The molecule has 1 saturated carbocycles. The molecule has 2 aromatic carbocycles. The number of rotatable bonds is 8. The molecular weight excluding hydrogens is 460 g/mol. The van der Waals surface area contributed by atoms with Crippen molar-refractivity contribution < 1.29 is 24.5 Å². The largest absolute Gasteiger partial charge is 0.504 e. The number of benzene rings is 2. The Bertz CT molecular complexity index is 1190. The molecule has 36 heavy (non-hydrogen) atoms. The molecule has 9 nitrogen and oxygen atoms in total. The quantitative estimate of drug-likeness (QED) is 0.418. The molecule has 3 N–H and O–H groups in total. The second-order valence-corrected chi connectivity index (χ2v) is 8.37. The number of aliphatic imine (C=N–C) groups is 2. The van der Waals surface area contributed by atoms with Gasteiger partial charge in [0.25, 0.3) is 5.91 Å². The Balaban J connectivity index is 1.56. The van der Waals surface area contributed by atoms with Gasteiger partial charge in [0, 0.05) is 42.0 Å². The van der Waals surface area contributed by atoms with E-state index < -0.39 is 0 Å². The summed E-state index contributed by atoms with van der Waals surface area (Å²) in [5, 5.41) is 23.9. The molecule has 1 unspecified atom stereocenters. The average molecular weight is 489 g/mol.